The smallest absolute Gasteiger partial charge is 0.246 e. The molecule has 19 heavy (non-hydrogen) atoms. The zero-order chi connectivity index (χ0) is 13.5. The second-order valence-electron chi connectivity index (χ2n) is 4.18. The minimum absolute atomic E-state index is 0.0386. The van der Waals surface area contributed by atoms with Crippen LogP contribution in [0.25, 0.3) is 0 Å². The van der Waals surface area contributed by atoms with Gasteiger partial charge in [0.15, 0.2) is 0 Å². The molecule has 0 N–H and O–H groups in total. The Morgan fingerprint density at radius 1 is 1.26 bits per heavy atom. The normalized spacial score (nSPS) is 16.3. The zero-order valence-electron chi connectivity index (χ0n) is 9.90. The van der Waals surface area contributed by atoms with Gasteiger partial charge in [0, 0.05) is 37.9 Å². The van der Waals surface area contributed by atoms with Crippen LogP contribution < -0.4 is 0 Å². The number of sulfonamides is 1. The number of nitrogens with zero attached hydrogens (tertiary/aromatic N) is 4. The van der Waals surface area contributed by atoms with Crippen molar-refractivity contribution in [1.82, 2.24) is 18.8 Å². The summed E-state index contributed by atoms with van der Waals surface area (Å²) in [5, 5.41) is 0.184. The van der Waals surface area contributed by atoms with Crippen molar-refractivity contribution in [1.29, 1.82) is 0 Å². The molecule has 2 aromatic rings. The van der Waals surface area contributed by atoms with E-state index >= 15 is 0 Å². The van der Waals surface area contributed by atoms with Gasteiger partial charge in [-0.15, -0.1) is 0 Å². The highest BCUT2D eigenvalue weighted by molar-refractivity contribution is 7.89. The van der Waals surface area contributed by atoms with Gasteiger partial charge in [0.2, 0.25) is 10.0 Å². The molecule has 0 fully saturated rings. The molecule has 1 aliphatic rings. The maximum Gasteiger partial charge on any atom is 0.246 e. The largest absolute Gasteiger partial charge is 0.333 e. The zero-order valence-corrected chi connectivity index (χ0v) is 11.5. The molecule has 2 aromatic heterocycles. The first-order valence-electron chi connectivity index (χ1n) is 5.69. The van der Waals surface area contributed by atoms with Gasteiger partial charge in [0.05, 0.1) is 11.6 Å². The Morgan fingerprint density at radius 3 is 2.89 bits per heavy atom. The number of hydrogen-bond acceptors (Lipinski definition) is 4. The molecule has 0 bridgehead atoms. The van der Waals surface area contributed by atoms with Crippen molar-refractivity contribution < 1.29 is 8.42 Å². The van der Waals surface area contributed by atoms with Gasteiger partial charge in [-0.2, -0.15) is 4.31 Å². The monoisotopic (exact) mass is 298 g/mol. The summed E-state index contributed by atoms with van der Waals surface area (Å²) in [5.41, 5.74) is 0. The summed E-state index contributed by atoms with van der Waals surface area (Å²) in [6.07, 6.45) is 6.25. The minimum Gasteiger partial charge on any atom is -0.333 e. The van der Waals surface area contributed by atoms with Crippen LogP contribution in [0.15, 0.2) is 35.7 Å². The van der Waals surface area contributed by atoms with Crippen molar-refractivity contribution in [2.75, 3.05) is 6.54 Å². The Morgan fingerprint density at radius 2 is 2.11 bits per heavy atom. The number of aromatic nitrogens is 3. The van der Waals surface area contributed by atoms with Gasteiger partial charge in [-0.1, -0.05) is 11.6 Å². The van der Waals surface area contributed by atoms with Crippen LogP contribution in [0.3, 0.4) is 0 Å². The first-order valence-corrected chi connectivity index (χ1v) is 7.50. The number of imidazole rings is 1. The fourth-order valence-electron chi connectivity index (χ4n) is 2.05. The van der Waals surface area contributed by atoms with Gasteiger partial charge in [-0.05, 0) is 6.07 Å². The summed E-state index contributed by atoms with van der Waals surface area (Å²) in [4.78, 5) is 8.01. The van der Waals surface area contributed by atoms with Crippen LogP contribution in [0, 0.1) is 0 Å². The Kier molecular flexibility index (Phi) is 3.04. The van der Waals surface area contributed by atoms with Gasteiger partial charge in [-0.25, -0.2) is 13.4 Å². The summed E-state index contributed by atoms with van der Waals surface area (Å²) in [5.74, 6) is 0.731. The molecule has 3 rings (SSSR count). The quantitative estimate of drug-likeness (QED) is 0.834. The summed E-state index contributed by atoms with van der Waals surface area (Å²) in [6, 6.07) is 1.47. The van der Waals surface area contributed by atoms with Gasteiger partial charge >= 0.3 is 0 Å². The van der Waals surface area contributed by atoms with Crippen molar-refractivity contribution in [3.63, 3.8) is 0 Å². The van der Waals surface area contributed by atoms with Crippen molar-refractivity contribution in [3.05, 3.63) is 41.7 Å². The predicted molar refractivity (Wildman–Crippen MR) is 69.1 cm³/mol. The molecule has 0 unspecified atom stereocenters. The van der Waals surface area contributed by atoms with Gasteiger partial charge < -0.3 is 4.57 Å². The lowest BCUT2D eigenvalue weighted by atomic mass is 10.4. The molecule has 0 atom stereocenters. The van der Waals surface area contributed by atoms with E-state index in [1.807, 2.05) is 10.8 Å². The van der Waals surface area contributed by atoms with Crippen molar-refractivity contribution in [2.24, 2.45) is 0 Å². The third-order valence-electron chi connectivity index (χ3n) is 3.06. The number of fused-ring (bicyclic) bond motifs is 1. The standard InChI is InChI=1S/C11H11ClN4O2S/c12-9-1-2-13-7-10(9)19(17,18)16-6-5-15-4-3-14-11(15)8-16/h1-4,7H,5-6,8H2. The molecule has 0 spiro atoms. The van der Waals surface area contributed by atoms with Crippen LogP contribution in [0.5, 0.6) is 0 Å². The molecule has 0 saturated carbocycles. The second-order valence-corrected chi connectivity index (χ2v) is 6.50. The molecule has 6 nitrogen and oxygen atoms in total. The molecule has 3 heterocycles. The molecule has 0 radical (unpaired) electrons. The van der Waals surface area contributed by atoms with Crippen molar-refractivity contribution in [2.45, 2.75) is 18.0 Å². The van der Waals surface area contributed by atoms with Crippen LogP contribution in [0.2, 0.25) is 5.02 Å². The first-order chi connectivity index (χ1) is 9.09. The maximum atomic E-state index is 12.5. The van der Waals surface area contributed by atoms with E-state index in [2.05, 4.69) is 9.97 Å². The van der Waals surface area contributed by atoms with Crippen LogP contribution in [-0.4, -0.2) is 33.8 Å². The Balaban J connectivity index is 1.97. The molecule has 0 saturated heterocycles. The number of halogens is 1. The van der Waals surface area contributed by atoms with Crippen LogP contribution in [-0.2, 0) is 23.1 Å². The van der Waals surface area contributed by atoms with E-state index in [4.69, 9.17) is 11.6 Å². The third-order valence-corrected chi connectivity index (χ3v) is 5.38. The number of hydrogen-bond donors (Lipinski definition) is 0. The van der Waals surface area contributed by atoms with Crippen LogP contribution in [0.1, 0.15) is 5.82 Å². The summed E-state index contributed by atoms with van der Waals surface area (Å²) < 4.78 is 28.3. The van der Waals surface area contributed by atoms with E-state index < -0.39 is 10.0 Å². The Labute approximate surface area is 115 Å². The highest BCUT2D eigenvalue weighted by Crippen LogP contribution is 2.25. The number of pyridine rings is 1. The first kappa shape index (κ1) is 12.6. The molecule has 1 aliphatic heterocycles. The fourth-order valence-corrected chi connectivity index (χ4v) is 3.84. The summed E-state index contributed by atoms with van der Waals surface area (Å²) >= 11 is 5.94. The minimum atomic E-state index is -3.63. The predicted octanol–water partition coefficient (Wildman–Crippen LogP) is 1.14. The van der Waals surface area contributed by atoms with Crippen LogP contribution >= 0.6 is 11.6 Å². The van der Waals surface area contributed by atoms with E-state index in [0.717, 1.165) is 5.82 Å². The second kappa shape index (κ2) is 4.59. The van der Waals surface area contributed by atoms with E-state index in [1.54, 1.807) is 6.20 Å². The van der Waals surface area contributed by atoms with Crippen molar-refractivity contribution >= 4 is 21.6 Å². The SMILES string of the molecule is O=S(=O)(c1cnccc1Cl)N1CCn2ccnc2C1. The van der Waals surface area contributed by atoms with Crippen molar-refractivity contribution in [3.8, 4) is 0 Å². The average molecular weight is 299 g/mol. The lowest BCUT2D eigenvalue weighted by molar-refractivity contribution is 0.335. The molecule has 0 aromatic carbocycles. The molecular formula is C11H11ClN4O2S. The highest BCUT2D eigenvalue weighted by atomic mass is 35.5. The molecule has 0 aliphatic carbocycles. The van der Waals surface area contributed by atoms with E-state index in [-0.39, 0.29) is 16.5 Å². The highest BCUT2D eigenvalue weighted by Gasteiger charge is 2.30. The third kappa shape index (κ3) is 2.13. The van der Waals surface area contributed by atoms with E-state index in [1.165, 1.54) is 22.8 Å². The van der Waals surface area contributed by atoms with E-state index in [9.17, 15) is 8.42 Å². The lowest BCUT2D eigenvalue weighted by Crippen LogP contribution is -2.38. The number of rotatable bonds is 2. The fraction of sp³-hybridized carbons (Fsp3) is 0.273. The lowest BCUT2D eigenvalue weighted by Gasteiger charge is -2.27. The van der Waals surface area contributed by atoms with Gasteiger partial charge in [-0.3, -0.25) is 4.98 Å². The van der Waals surface area contributed by atoms with Gasteiger partial charge in [0.1, 0.15) is 10.7 Å². The van der Waals surface area contributed by atoms with Crippen LogP contribution in [0.4, 0.5) is 0 Å². The topological polar surface area (TPSA) is 68.1 Å². The molecular weight excluding hydrogens is 288 g/mol. The van der Waals surface area contributed by atoms with Gasteiger partial charge in [0.25, 0.3) is 0 Å². The summed E-state index contributed by atoms with van der Waals surface area (Å²) in [6.45, 7) is 1.24. The summed E-state index contributed by atoms with van der Waals surface area (Å²) in [7, 11) is -3.63. The van der Waals surface area contributed by atoms with E-state index in [0.29, 0.717) is 13.1 Å². The molecule has 100 valence electrons. The molecule has 8 heteroatoms. The maximum absolute atomic E-state index is 12.5. The Bertz CT molecular complexity index is 713. The average Bonchev–Trinajstić information content (AvgIpc) is 2.86. The Hall–Kier alpha value is -1.44. The molecule has 0 amide bonds.